The first-order valence-corrected chi connectivity index (χ1v) is 4.72. The Labute approximate surface area is 78.8 Å². The van der Waals surface area contributed by atoms with Gasteiger partial charge in [0.1, 0.15) is 5.69 Å². The normalized spacial score (nSPS) is 10.8. The summed E-state index contributed by atoms with van der Waals surface area (Å²) < 4.78 is 1.92. The molecule has 0 atom stereocenters. The number of aldehydes is 1. The van der Waals surface area contributed by atoms with Crippen molar-refractivity contribution in [1.82, 2.24) is 9.78 Å². The Kier molecular flexibility index (Phi) is 3.23. The van der Waals surface area contributed by atoms with E-state index in [0.29, 0.717) is 11.6 Å². The third-order valence-corrected chi connectivity index (χ3v) is 1.98. The Morgan fingerprint density at radius 3 is 2.77 bits per heavy atom. The molecule has 0 aromatic carbocycles. The van der Waals surface area contributed by atoms with Crippen molar-refractivity contribution in [3.8, 4) is 0 Å². The van der Waals surface area contributed by atoms with E-state index < -0.39 is 0 Å². The van der Waals surface area contributed by atoms with Crippen LogP contribution in [0.5, 0.6) is 0 Å². The van der Waals surface area contributed by atoms with Crippen LogP contribution in [0, 0.1) is 0 Å². The molecule has 0 aliphatic heterocycles. The van der Waals surface area contributed by atoms with Crippen LogP contribution in [0.25, 0.3) is 0 Å². The summed E-state index contributed by atoms with van der Waals surface area (Å²) in [6.45, 7) is 7.21. The predicted octanol–water partition coefficient (Wildman–Crippen LogP) is 2.23. The Morgan fingerprint density at radius 1 is 1.62 bits per heavy atom. The van der Waals surface area contributed by atoms with Crippen LogP contribution < -0.4 is 0 Å². The van der Waals surface area contributed by atoms with Crippen LogP contribution in [-0.2, 0) is 6.54 Å². The van der Waals surface area contributed by atoms with Gasteiger partial charge in [0.05, 0.1) is 0 Å². The molecule has 0 amide bonds. The Morgan fingerprint density at radius 2 is 2.31 bits per heavy atom. The van der Waals surface area contributed by atoms with Crippen LogP contribution in [-0.4, -0.2) is 16.1 Å². The summed E-state index contributed by atoms with van der Waals surface area (Å²) in [4.78, 5) is 10.5. The minimum absolute atomic E-state index is 0.424. The largest absolute Gasteiger partial charge is 0.296 e. The van der Waals surface area contributed by atoms with Crippen LogP contribution in [0.4, 0.5) is 0 Å². The van der Waals surface area contributed by atoms with Crippen molar-refractivity contribution in [1.29, 1.82) is 0 Å². The maximum absolute atomic E-state index is 10.5. The van der Waals surface area contributed by atoms with E-state index in [1.807, 2.05) is 10.7 Å². The van der Waals surface area contributed by atoms with Gasteiger partial charge in [-0.3, -0.25) is 9.48 Å². The monoisotopic (exact) mass is 180 g/mol. The summed E-state index contributed by atoms with van der Waals surface area (Å²) in [5, 5.41) is 4.19. The molecule has 0 saturated carbocycles. The van der Waals surface area contributed by atoms with E-state index in [1.165, 1.54) is 0 Å². The van der Waals surface area contributed by atoms with Crippen molar-refractivity contribution >= 4 is 6.29 Å². The fourth-order valence-corrected chi connectivity index (χ4v) is 1.37. The number of carbonyl (C=O) groups is 1. The standard InChI is InChI=1S/C10H16N2O/c1-4-5-12-10(8(2)3)6-9(7-13)11-12/h6-8H,4-5H2,1-3H3. The summed E-state index contributed by atoms with van der Waals surface area (Å²) in [5.41, 5.74) is 1.68. The van der Waals surface area contributed by atoms with Gasteiger partial charge in [-0.05, 0) is 18.4 Å². The number of rotatable bonds is 4. The SMILES string of the molecule is CCCn1nc(C=O)cc1C(C)C. The molecule has 3 heteroatoms. The molecule has 0 fully saturated rings. The molecule has 1 aromatic heterocycles. The number of hydrogen-bond donors (Lipinski definition) is 0. The van der Waals surface area contributed by atoms with Gasteiger partial charge in [0, 0.05) is 12.2 Å². The second-order valence-corrected chi connectivity index (χ2v) is 3.49. The summed E-state index contributed by atoms with van der Waals surface area (Å²) in [6, 6.07) is 1.87. The zero-order valence-electron chi connectivity index (χ0n) is 8.45. The third kappa shape index (κ3) is 2.17. The average molecular weight is 180 g/mol. The number of aryl methyl sites for hydroxylation is 1. The van der Waals surface area contributed by atoms with Gasteiger partial charge in [0.15, 0.2) is 6.29 Å². The van der Waals surface area contributed by atoms with E-state index in [0.717, 1.165) is 24.9 Å². The van der Waals surface area contributed by atoms with Crippen LogP contribution in [0.15, 0.2) is 6.07 Å². The molecule has 0 radical (unpaired) electrons. The Balaban J connectivity index is 2.99. The molecule has 13 heavy (non-hydrogen) atoms. The molecule has 0 spiro atoms. The molecule has 0 aliphatic carbocycles. The van der Waals surface area contributed by atoms with Crippen LogP contribution in [0.3, 0.4) is 0 Å². The van der Waals surface area contributed by atoms with Gasteiger partial charge in [-0.15, -0.1) is 0 Å². The lowest BCUT2D eigenvalue weighted by atomic mass is 10.1. The van der Waals surface area contributed by atoms with Gasteiger partial charge in [0.2, 0.25) is 0 Å². The van der Waals surface area contributed by atoms with Crippen molar-refractivity contribution in [3.05, 3.63) is 17.5 Å². The molecule has 0 bridgehead atoms. The quantitative estimate of drug-likeness (QED) is 0.666. The summed E-state index contributed by atoms with van der Waals surface area (Å²) >= 11 is 0. The Bertz CT molecular complexity index is 289. The van der Waals surface area contributed by atoms with Crippen molar-refractivity contribution in [2.45, 2.75) is 39.7 Å². The van der Waals surface area contributed by atoms with Crippen molar-refractivity contribution in [2.75, 3.05) is 0 Å². The van der Waals surface area contributed by atoms with E-state index >= 15 is 0 Å². The average Bonchev–Trinajstić information content (AvgIpc) is 2.48. The maximum atomic E-state index is 10.5. The zero-order valence-corrected chi connectivity index (χ0v) is 8.45. The second kappa shape index (κ2) is 4.21. The molecule has 0 aliphatic rings. The molecule has 72 valence electrons. The number of aromatic nitrogens is 2. The Hall–Kier alpha value is -1.12. The molecular formula is C10H16N2O. The molecule has 1 heterocycles. The van der Waals surface area contributed by atoms with Gasteiger partial charge in [-0.1, -0.05) is 20.8 Å². The minimum atomic E-state index is 0.424. The van der Waals surface area contributed by atoms with Crippen LogP contribution in [0.1, 0.15) is 49.3 Å². The van der Waals surface area contributed by atoms with Crippen molar-refractivity contribution in [3.63, 3.8) is 0 Å². The van der Waals surface area contributed by atoms with Gasteiger partial charge in [0.25, 0.3) is 0 Å². The second-order valence-electron chi connectivity index (χ2n) is 3.49. The van der Waals surface area contributed by atoms with E-state index in [-0.39, 0.29) is 0 Å². The first-order valence-electron chi connectivity index (χ1n) is 4.72. The molecular weight excluding hydrogens is 164 g/mol. The highest BCUT2D eigenvalue weighted by Gasteiger charge is 2.09. The van der Waals surface area contributed by atoms with Gasteiger partial charge >= 0.3 is 0 Å². The van der Waals surface area contributed by atoms with Gasteiger partial charge in [-0.2, -0.15) is 5.10 Å². The molecule has 1 rings (SSSR count). The molecule has 1 aromatic rings. The number of hydrogen-bond acceptors (Lipinski definition) is 2. The third-order valence-electron chi connectivity index (χ3n) is 1.98. The topological polar surface area (TPSA) is 34.9 Å². The lowest BCUT2D eigenvalue weighted by molar-refractivity contribution is 0.111. The molecule has 0 N–H and O–H groups in total. The van der Waals surface area contributed by atoms with E-state index in [1.54, 1.807) is 0 Å². The van der Waals surface area contributed by atoms with E-state index in [9.17, 15) is 4.79 Å². The fourth-order valence-electron chi connectivity index (χ4n) is 1.37. The van der Waals surface area contributed by atoms with E-state index in [2.05, 4.69) is 25.9 Å². The van der Waals surface area contributed by atoms with E-state index in [4.69, 9.17) is 0 Å². The summed E-state index contributed by atoms with van der Waals surface area (Å²) in [5.74, 6) is 0.424. The first kappa shape index (κ1) is 9.96. The highest BCUT2D eigenvalue weighted by molar-refractivity contribution is 5.71. The van der Waals surface area contributed by atoms with Gasteiger partial charge < -0.3 is 0 Å². The smallest absolute Gasteiger partial charge is 0.170 e. The first-order chi connectivity index (χ1) is 6.19. The summed E-state index contributed by atoms with van der Waals surface area (Å²) in [6.07, 6.45) is 1.84. The highest BCUT2D eigenvalue weighted by Crippen LogP contribution is 2.15. The van der Waals surface area contributed by atoms with Crippen LogP contribution in [0.2, 0.25) is 0 Å². The number of carbonyl (C=O) groups excluding carboxylic acids is 1. The summed E-state index contributed by atoms with van der Waals surface area (Å²) in [7, 11) is 0. The zero-order chi connectivity index (χ0) is 9.84. The highest BCUT2D eigenvalue weighted by atomic mass is 16.1. The van der Waals surface area contributed by atoms with Crippen LogP contribution >= 0.6 is 0 Å². The lowest BCUT2D eigenvalue weighted by Crippen LogP contribution is -2.05. The van der Waals surface area contributed by atoms with Gasteiger partial charge in [-0.25, -0.2) is 0 Å². The van der Waals surface area contributed by atoms with Crippen molar-refractivity contribution in [2.24, 2.45) is 0 Å². The fraction of sp³-hybridized carbons (Fsp3) is 0.600. The predicted molar refractivity (Wildman–Crippen MR) is 52.0 cm³/mol. The number of nitrogens with zero attached hydrogens (tertiary/aromatic N) is 2. The van der Waals surface area contributed by atoms with Crippen molar-refractivity contribution < 1.29 is 4.79 Å². The lowest BCUT2D eigenvalue weighted by Gasteiger charge is -2.07. The molecule has 0 unspecified atom stereocenters. The maximum Gasteiger partial charge on any atom is 0.170 e. The molecule has 0 saturated heterocycles. The minimum Gasteiger partial charge on any atom is -0.296 e. The molecule has 3 nitrogen and oxygen atoms in total.